The van der Waals surface area contributed by atoms with E-state index in [9.17, 15) is 29.4 Å². The van der Waals surface area contributed by atoms with Crippen LogP contribution in [0.3, 0.4) is 0 Å². The summed E-state index contributed by atoms with van der Waals surface area (Å²) in [5.41, 5.74) is -0.465. The number of nitrogens with one attached hydrogen (secondary N) is 1. The average Bonchev–Trinajstić information content (AvgIpc) is 3.49. The fourth-order valence-corrected chi connectivity index (χ4v) is 6.27. The van der Waals surface area contributed by atoms with E-state index in [-0.39, 0.29) is 25.4 Å². The van der Waals surface area contributed by atoms with E-state index in [1.54, 1.807) is 38.5 Å². The van der Waals surface area contributed by atoms with Crippen molar-refractivity contribution in [2.24, 2.45) is 0 Å². The van der Waals surface area contributed by atoms with E-state index in [0.29, 0.717) is 22.6 Å². The lowest BCUT2D eigenvalue weighted by Crippen LogP contribution is -2.46. The minimum atomic E-state index is -1.83. The van der Waals surface area contributed by atoms with Crippen LogP contribution in [0.2, 0.25) is 0 Å². The van der Waals surface area contributed by atoms with Gasteiger partial charge in [0, 0.05) is 18.9 Å². The van der Waals surface area contributed by atoms with Gasteiger partial charge in [-0.05, 0) is 47.9 Å². The Kier molecular flexibility index (Phi) is 12.8. The Morgan fingerprint density at radius 2 is 1.43 bits per heavy atom. The molecule has 0 amide bonds. The molecule has 1 aliphatic rings. The van der Waals surface area contributed by atoms with Gasteiger partial charge in [-0.3, -0.25) is 19.1 Å². The van der Waals surface area contributed by atoms with E-state index in [2.05, 4.69) is 4.98 Å². The molecule has 15 heteroatoms. The molecular weight excluding hydrogens is 692 g/mol. The third-order valence-electron chi connectivity index (χ3n) is 8.90. The molecule has 1 unspecified atom stereocenters. The average molecular weight is 735 g/mol. The Morgan fingerprint density at radius 1 is 0.849 bits per heavy atom. The number of carboxylic acid groups (broad SMARTS) is 2. The number of aryl methyl sites for hydroxylation is 1. The highest BCUT2D eigenvalue weighted by atomic mass is 16.6. The van der Waals surface area contributed by atoms with Crippen molar-refractivity contribution < 1.29 is 53.0 Å². The second-order valence-electron chi connectivity index (χ2n) is 12.2. The van der Waals surface area contributed by atoms with Crippen LogP contribution in [0.4, 0.5) is 0 Å². The third-order valence-corrected chi connectivity index (χ3v) is 8.90. The van der Waals surface area contributed by atoms with E-state index < -0.39 is 65.9 Å². The number of methoxy groups -OCH3 is 3. The van der Waals surface area contributed by atoms with Gasteiger partial charge in [0.2, 0.25) is 0 Å². The number of hydrogen-bond acceptors (Lipinski definition) is 11. The van der Waals surface area contributed by atoms with Crippen LogP contribution in [0.15, 0.2) is 94.6 Å². The van der Waals surface area contributed by atoms with E-state index >= 15 is 0 Å². The first-order chi connectivity index (χ1) is 25.5. The van der Waals surface area contributed by atoms with Crippen molar-refractivity contribution in [3.63, 3.8) is 0 Å². The highest BCUT2D eigenvalue weighted by Crippen LogP contribution is 2.43. The second kappa shape index (κ2) is 17.5. The second-order valence-corrected chi connectivity index (χ2v) is 12.2. The maximum atomic E-state index is 13.2. The first-order valence-electron chi connectivity index (χ1n) is 16.7. The molecule has 2 heterocycles. The number of aliphatic carboxylic acids is 2. The van der Waals surface area contributed by atoms with Crippen LogP contribution in [0.5, 0.6) is 11.5 Å². The van der Waals surface area contributed by atoms with Gasteiger partial charge < -0.3 is 43.4 Å². The van der Waals surface area contributed by atoms with E-state index in [4.69, 9.17) is 33.2 Å². The minimum Gasteiger partial charge on any atom is -0.497 e. The maximum Gasteiger partial charge on any atom is 0.333 e. The number of rotatable bonds is 18. The molecular formula is C38H42N2O13. The molecule has 5 atom stereocenters. The summed E-state index contributed by atoms with van der Waals surface area (Å²) < 4.78 is 42.9. The predicted molar refractivity (Wildman–Crippen MR) is 188 cm³/mol. The van der Waals surface area contributed by atoms with Gasteiger partial charge in [-0.15, -0.1) is 0 Å². The van der Waals surface area contributed by atoms with Crippen LogP contribution in [-0.4, -0.2) is 97.3 Å². The highest BCUT2D eigenvalue weighted by molar-refractivity contribution is 5.79. The fraction of sp³-hybridized carbons (Fsp3) is 0.368. The summed E-state index contributed by atoms with van der Waals surface area (Å²) in [6.45, 7) is 1.28. The number of carbonyl (C=O) groups is 2. The molecule has 3 N–H and O–H groups in total. The molecule has 0 aliphatic carbocycles. The van der Waals surface area contributed by atoms with E-state index in [1.807, 2.05) is 54.6 Å². The van der Waals surface area contributed by atoms with Crippen LogP contribution in [0.25, 0.3) is 0 Å². The van der Waals surface area contributed by atoms with Gasteiger partial charge in [0.15, 0.2) is 12.3 Å². The number of benzene rings is 3. The van der Waals surface area contributed by atoms with Gasteiger partial charge >= 0.3 is 17.6 Å². The Balaban J connectivity index is 1.66. The van der Waals surface area contributed by atoms with Crippen molar-refractivity contribution >= 4 is 11.9 Å². The first-order valence-corrected chi connectivity index (χ1v) is 16.7. The molecule has 0 bridgehead atoms. The first kappa shape index (κ1) is 38.9. The van der Waals surface area contributed by atoms with Gasteiger partial charge in [-0.2, -0.15) is 0 Å². The van der Waals surface area contributed by atoms with E-state index in [1.165, 1.54) is 20.2 Å². The van der Waals surface area contributed by atoms with Crippen LogP contribution >= 0.6 is 0 Å². The van der Waals surface area contributed by atoms with Crippen molar-refractivity contribution in [3.8, 4) is 11.5 Å². The molecule has 0 saturated carbocycles. The van der Waals surface area contributed by atoms with Crippen molar-refractivity contribution in [2.45, 2.75) is 49.6 Å². The molecule has 0 spiro atoms. The van der Waals surface area contributed by atoms with Crippen molar-refractivity contribution in [3.05, 3.63) is 128 Å². The molecule has 1 saturated heterocycles. The molecule has 1 aliphatic heterocycles. The zero-order valence-corrected chi connectivity index (χ0v) is 29.6. The number of nitrogens with zero attached hydrogens (tertiary/aromatic N) is 1. The number of carboxylic acids is 2. The van der Waals surface area contributed by atoms with Gasteiger partial charge in [-0.1, -0.05) is 54.6 Å². The minimum absolute atomic E-state index is 0.0339. The molecule has 1 aromatic heterocycles. The number of hydrogen-bond donors (Lipinski definition) is 3. The molecule has 3 aromatic carbocycles. The summed E-state index contributed by atoms with van der Waals surface area (Å²) in [7, 11) is 4.58. The lowest BCUT2D eigenvalue weighted by molar-refractivity contribution is -0.171. The molecule has 5 rings (SSSR count). The Hall–Kier alpha value is -5.32. The SMILES string of the molecule is COCCO[C@@H]1[C@H](OC(CC(=O)O)C(=O)O)[C@@H](COC(c2ccccc2)(c2ccc(OC)cc2)c2ccc(OC)cc2)O[C@H]1n1cc(C)c(=O)[nH]c1=O. The van der Waals surface area contributed by atoms with Gasteiger partial charge in [-0.25, -0.2) is 9.59 Å². The van der Waals surface area contributed by atoms with Crippen molar-refractivity contribution in [1.82, 2.24) is 9.55 Å². The summed E-state index contributed by atoms with van der Waals surface area (Å²) in [5, 5.41) is 19.6. The van der Waals surface area contributed by atoms with Crippen molar-refractivity contribution in [2.75, 3.05) is 41.2 Å². The fourth-order valence-electron chi connectivity index (χ4n) is 6.27. The van der Waals surface area contributed by atoms with Gasteiger partial charge in [0.1, 0.15) is 35.4 Å². The van der Waals surface area contributed by atoms with Crippen LogP contribution in [0.1, 0.15) is 34.9 Å². The van der Waals surface area contributed by atoms with E-state index in [0.717, 1.165) is 10.1 Å². The third kappa shape index (κ3) is 8.67. The number of ether oxygens (including phenoxy) is 7. The predicted octanol–water partition coefficient (Wildman–Crippen LogP) is 3.11. The van der Waals surface area contributed by atoms with Gasteiger partial charge in [0.25, 0.3) is 5.56 Å². The molecule has 4 aromatic rings. The Labute approximate surface area is 304 Å². The number of aromatic nitrogens is 2. The maximum absolute atomic E-state index is 13.2. The largest absolute Gasteiger partial charge is 0.497 e. The Morgan fingerprint density at radius 3 is 1.96 bits per heavy atom. The van der Waals surface area contributed by atoms with Crippen LogP contribution in [0, 0.1) is 6.92 Å². The number of aromatic amines is 1. The lowest BCUT2D eigenvalue weighted by atomic mass is 9.80. The number of H-pyrrole nitrogens is 1. The highest BCUT2D eigenvalue weighted by Gasteiger charge is 2.51. The van der Waals surface area contributed by atoms with Crippen LogP contribution in [-0.2, 0) is 38.9 Å². The zero-order chi connectivity index (χ0) is 38.1. The summed E-state index contributed by atoms with van der Waals surface area (Å²) in [5.74, 6) is -1.72. The van der Waals surface area contributed by atoms with Crippen LogP contribution < -0.4 is 20.7 Å². The summed E-state index contributed by atoms with van der Waals surface area (Å²) in [6.07, 6.45) is -6.36. The molecule has 15 nitrogen and oxygen atoms in total. The Bertz CT molecular complexity index is 1900. The molecule has 1 fully saturated rings. The zero-order valence-electron chi connectivity index (χ0n) is 29.6. The topological polar surface area (TPSA) is 194 Å². The molecule has 0 radical (unpaired) electrons. The standard InChI is InChI=1S/C38H42N2O13/c1-23-21-40(37(46)39-34(23)43)35-33(50-19-18-47-2)32(52-29(36(44)45)20-31(41)42)30(53-35)22-51-38(24-8-6-5-7-9-24,25-10-14-27(48-3)15-11-25)26-12-16-28(49-4)17-13-26/h5-17,21,29-30,32-33,35H,18-20,22H2,1-4H3,(H,41,42)(H,44,45)(H,39,43,46)/t29?,30-,32-,33-,35-/m1/s1. The monoisotopic (exact) mass is 734 g/mol. The quantitative estimate of drug-likeness (QED) is 0.0998. The smallest absolute Gasteiger partial charge is 0.333 e. The molecule has 282 valence electrons. The van der Waals surface area contributed by atoms with Gasteiger partial charge in [0.05, 0.1) is 40.5 Å². The molecule has 53 heavy (non-hydrogen) atoms. The summed E-state index contributed by atoms with van der Waals surface area (Å²) in [4.78, 5) is 51.8. The normalized spacial score (nSPS) is 19.1. The lowest BCUT2D eigenvalue weighted by Gasteiger charge is -2.37. The summed E-state index contributed by atoms with van der Waals surface area (Å²) >= 11 is 0. The van der Waals surface area contributed by atoms with Crippen molar-refractivity contribution in [1.29, 1.82) is 0 Å². The summed E-state index contributed by atoms with van der Waals surface area (Å²) in [6, 6.07) is 24.0.